The molecule has 8 aromatic carbocycles. The highest BCUT2D eigenvalue weighted by molar-refractivity contribution is 5.77. The van der Waals surface area contributed by atoms with Crippen LogP contribution in [0, 0.1) is 0 Å². The van der Waals surface area contributed by atoms with E-state index in [1.165, 1.54) is 27.8 Å². The summed E-state index contributed by atoms with van der Waals surface area (Å²) in [4.78, 5) is 15.3. The zero-order chi connectivity index (χ0) is 36.1. The van der Waals surface area contributed by atoms with Gasteiger partial charge in [0, 0.05) is 16.7 Å². The summed E-state index contributed by atoms with van der Waals surface area (Å²) in [5.74, 6) is 1.88. The lowest BCUT2D eigenvalue weighted by Crippen LogP contribution is -2.00. The Morgan fingerprint density at radius 3 is 0.722 bits per heavy atom. The highest BCUT2D eigenvalue weighted by Gasteiger charge is 2.14. The summed E-state index contributed by atoms with van der Waals surface area (Å²) < 4.78 is 0. The van der Waals surface area contributed by atoms with E-state index in [0.29, 0.717) is 17.5 Å². The van der Waals surface area contributed by atoms with Crippen LogP contribution < -0.4 is 0 Å². The molecule has 0 fully saturated rings. The second kappa shape index (κ2) is 14.8. The van der Waals surface area contributed by atoms with Crippen LogP contribution in [0.2, 0.25) is 0 Å². The molecule has 0 saturated carbocycles. The van der Waals surface area contributed by atoms with Crippen molar-refractivity contribution in [3.8, 4) is 89.8 Å². The number of hydrogen-bond donors (Lipinski definition) is 0. The van der Waals surface area contributed by atoms with E-state index in [2.05, 4.69) is 194 Å². The van der Waals surface area contributed by atoms with Gasteiger partial charge in [0.25, 0.3) is 0 Å². The zero-order valence-electron chi connectivity index (χ0n) is 29.5. The largest absolute Gasteiger partial charge is 0.208 e. The van der Waals surface area contributed by atoms with Crippen LogP contribution in [0.1, 0.15) is 0 Å². The molecule has 0 radical (unpaired) electrons. The van der Waals surface area contributed by atoms with Crippen LogP contribution in [0.5, 0.6) is 0 Å². The van der Waals surface area contributed by atoms with Gasteiger partial charge in [0.2, 0.25) is 0 Å². The average molecular weight is 690 g/mol. The molecular formula is C51H35N3. The Balaban J connectivity index is 1.10. The van der Waals surface area contributed by atoms with Gasteiger partial charge in [-0.3, -0.25) is 0 Å². The molecule has 1 aromatic heterocycles. The average Bonchev–Trinajstić information content (AvgIpc) is 3.27. The first kappa shape index (κ1) is 32.7. The maximum atomic E-state index is 5.12. The summed E-state index contributed by atoms with van der Waals surface area (Å²) in [7, 11) is 0. The first-order chi connectivity index (χ1) is 26.7. The smallest absolute Gasteiger partial charge is 0.164 e. The molecular weight excluding hydrogens is 655 g/mol. The van der Waals surface area contributed by atoms with Gasteiger partial charge < -0.3 is 0 Å². The minimum absolute atomic E-state index is 0.627. The van der Waals surface area contributed by atoms with E-state index >= 15 is 0 Å². The molecule has 9 rings (SSSR count). The Morgan fingerprint density at radius 1 is 0.167 bits per heavy atom. The highest BCUT2D eigenvalue weighted by atomic mass is 15.0. The quantitative estimate of drug-likeness (QED) is 0.159. The van der Waals surface area contributed by atoms with E-state index in [4.69, 9.17) is 15.0 Å². The molecule has 0 spiro atoms. The lowest BCUT2D eigenvalue weighted by Gasteiger charge is -2.11. The SMILES string of the molecule is c1ccc(-c2ccc(-c3cccc(-c4nc(-c5ccc(-c6ccccc6)cc5)nc(-c5cccc(-c6ccc(-c7ccccc7)cc6)c5)n4)c3)cc2)cc1. The van der Waals surface area contributed by atoms with Crippen molar-refractivity contribution < 1.29 is 0 Å². The Morgan fingerprint density at radius 2 is 0.389 bits per heavy atom. The van der Waals surface area contributed by atoms with Crippen molar-refractivity contribution in [2.24, 2.45) is 0 Å². The number of benzene rings is 8. The van der Waals surface area contributed by atoms with Crippen molar-refractivity contribution >= 4 is 0 Å². The monoisotopic (exact) mass is 689 g/mol. The van der Waals surface area contributed by atoms with Crippen LogP contribution in [-0.2, 0) is 0 Å². The standard InChI is InChI=1S/C51H35N3/c1-4-12-36(13-5-1)39-22-26-42(27-23-39)45-18-10-20-47(34-45)50-52-49(44-32-30-41(31-33-44)38-16-8-3-9-17-38)53-51(54-50)48-21-11-19-46(35-48)43-28-24-40(25-29-43)37-14-6-2-7-15-37/h1-35H. The molecule has 0 aliphatic carbocycles. The van der Waals surface area contributed by atoms with Gasteiger partial charge in [0.1, 0.15) is 0 Å². The van der Waals surface area contributed by atoms with Crippen LogP contribution in [0.3, 0.4) is 0 Å². The zero-order valence-corrected chi connectivity index (χ0v) is 29.5. The van der Waals surface area contributed by atoms with Gasteiger partial charge >= 0.3 is 0 Å². The van der Waals surface area contributed by atoms with Crippen molar-refractivity contribution in [2.75, 3.05) is 0 Å². The van der Waals surface area contributed by atoms with E-state index in [1.807, 2.05) is 18.2 Å². The third kappa shape index (κ3) is 6.99. The molecule has 0 atom stereocenters. The van der Waals surface area contributed by atoms with E-state index in [-0.39, 0.29) is 0 Å². The fourth-order valence-corrected chi connectivity index (χ4v) is 6.85. The highest BCUT2D eigenvalue weighted by Crippen LogP contribution is 2.32. The predicted molar refractivity (Wildman–Crippen MR) is 223 cm³/mol. The number of aromatic nitrogens is 3. The molecule has 9 aromatic rings. The summed E-state index contributed by atoms with van der Waals surface area (Å²) in [6.45, 7) is 0. The summed E-state index contributed by atoms with van der Waals surface area (Å²) in [6, 6.07) is 74.1. The van der Waals surface area contributed by atoms with Crippen LogP contribution in [0.4, 0.5) is 0 Å². The third-order valence-corrected chi connectivity index (χ3v) is 9.78. The maximum absolute atomic E-state index is 5.12. The Kier molecular flexibility index (Phi) is 8.94. The van der Waals surface area contributed by atoms with E-state index in [1.54, 1.807) is 0 Å². The molecule has 54 heavy (non-hydrogen) atoms. The summed E-state index contributed by atoms with van der Waals surface area (Å²) >= 11 is 0. The van der Waals surface area contributed by atoms with Gasteiger partial charge in [0.15, 0.2) is 17.5 Å². The van der Waals surface area contributed by atoms with Crippen LogP contribution in [0.25, 0.3) is 89.8 Å². The summed E-state index contributed by atoms with van der Waals surface area (Å²) in [5.41, 5.74) is 14.4. The van der Waals surface area contributed by atoms with Crippen molar-refractivity contribution in [3.05, 3.63) is 212 Å². The van der Waals surface area contributed by atoms with Gasteiger partial charge in [-0.05, 0) is 67.8 Å². The van der Waals surface area contributed by atoms with E-state index in [9.17, 15) is 0 Å². The molecule has 0 saturated heterocycles. The number of hydrogen-bond acceptors (Lipinski definition) is 3. The molecule has 3 nitrogen and oxygen atoms in total. The van der Waals surface area contributed by atoms with Crippen molar-refractivity contribution in [1.29, 1.82) is 0 Å². The van der Waals surface area contributed by atoms with E-state index < -0.39 is 0 Å². The van der Waals surface area contributed by atoms with Crippen molar-refractivity contribution in [3.63, 3.8) is 0 Å². The molecule has 1 heterocycles. The molecule has 0 unspecified atom stereocenters. The topological polar surface area (TPSA) is 38.7 Å². The van der Waals surface area contributed by atoms with Gasteiger partial charge in [-0.25, -0.2) is 15.0 Å². The minimum atomic E-state index is 0.627. The van der Waals surface area contributed by atoms with Gasteiger partial charge in [-0.2, -0.15) is 0 Å². The normalized spacial score (nSPS) is 11.0. The molecule has 0 aliphatic rings. The molecule has 0 aliphatic heterocycles. The van der Waals surface area contributed by atoms with Crippen molar-refractivity contribution in [1.82, 2.24) is 15.0 Å². The summed E-state index contributed by atoms with van der Waals surface area (Å²) in [6.07, 6.45) is 0. The number of nitrogens with zero attached hydrogens (tertiary/aromatic N) is 3. The van der Waals surface area contributed by atoms with Gasteiger partial charge in [-0.1, -0.05) is 200 Å². The fourth-order valence-electron chi connectivity index (χ4n) is 6.85. The third-order valence-electron chi connectivity index (χ3n) is 9.78. The lowest BCUT2D eigenvalue weighted by molar-refractivity contribution is 1.07. The van der Waals surface area contributed by atoms with Crippen LogP contribution >= 0.6 is 0 Å². The van der Waals surface area contributed by atoms with Gasteiger partial charge in [0.05, 0.1) is 0 Å². The fraction of sp³-hybridized carbons (Fsp3) is 0. The first-order valence-corrected chi connectivity index (χ1v) is 18.2. The number of rotatable bonds is 8. The van der Waals surface area contributed by atoms with Gasteiger partial charge in [-0.15, -0.1) is 0 Å². The summed E-state index contributed by atoms with van der Waals surface area (Å²) in [5, 5.41) is 0. The Labute approximate surface area is 316 Å². The molecule has 0 bridgehead atoms. The first-order valence-electron chi connectivity index (χ1n) is 18.2. The van der Waals surface area contributed by atoms with Crippen LogP contribution in [0.15, 0.2) is 212 Å². The van der Waals surface area contributed by atoms with E-state index in [0.717, 1.165) is 44.5 Å². The molecule has 254 valence electrons. The molecule has 0 N–H and O–H groups in total. The van der Waals surface area contributed by atoms with Crippen molar-refractivity contribution in [2.45, 2.75) is 0 Å². The second-order valence-electron chi connectivity index (χ2n) is 13.3. The second-order valence-corrected chi connectivity index (χ2v) is 13.3. The Bertz CT molecular complexity index is 2510. The minimum Gasteiger partial charge on any atom is -0.208 e. The molecule has 0 amide bonds. The Hall–Kier alpha value is -7.23. The molecule has 3 heteroatoms. The lowest BCUT2D eigenvalue weighted by atomic mass is 9.98. The predicted octanol–water partition coefficient (Wildman–Crippen LogP) is 13.2. The maximum Gasteiger partial charge on any atom is 0.164 e. The van der Waals surface area contributed by atoms with Crippen LogP contribution in [-0.4, -0.2) is 15.0 Å².